The van der Waals surface area contributed by atoms with E-state index in [1.54, 1.807) is 0 Å². The van der Waals surface area contributed by atoms with Gasteiger partial charge in [0.25, 0.3) is 0 Å². The molecule has 0 bridgehead atoms. The first-order valence-electron chi connectivity index (χ1n) is 3.52. The fraction of sp³-hybridized carbons (Fsp3) is 1.00. The second-order valence-electron chi connectivity index (χ2n) is 3.25. The van der Waals surface area contributed by atoms with Crippen LogP contribution in [0.25, 0.3) is 0 Å². The molecule has 2 aliphatic rings. The van der Waals surface area contributed by atoms with Crippen LogP contribution in [0.3, 0.4) is 0 Å². The summed E-state index contributed by atoms with van der Waals surface area (Å²) < 4.78 is 33.2. The predicted molar refractivity (Wildman–Crippen MR) is 34.6 cm³/mol. The average Bonchev–Trinajstić information content (AvgIpc) is 2.40. The van der Waals surface area contributed by atoms with Gasteiger partial charge in [0, 0.05) is 0 Å². The summed E-state index contributed by atoms with van der Waals surface area (Å²) in [6, 6.07) is 0. The van der Waals surface area contributed by atoms with Crippen molar-refractivity contribution < 1.29 is 12.3 Å². The van der Waals surface area contributed by atoms with Crippen molar-refractivity contribution >= 4 is 10.2 Å². The van der Waals surface area contributed by atoms with Gasteiger partial charge < -0.3 is 0 Å². The van der Waals surface area contributed by atoms with E-state index < -0.39 is 15.5 Å². The predicted octanol–water partition coefficient (Wildman–Crippen LogP) is 1.08. The lowest BCUT2D eigenvalue weighted by molar-refractivity contribution is 0.524. The molecule has 0 heterocycles. The molecule has 0 aromatic rings. The Morgan fingerprint density at radius 2 is 2.00 bits per heavy atom. The zero-order valence-corrected chi connectivity index (χ0v) is 6.27. The molecule has 3 atom stereocenters. The Bertz CT molecular complexity index is 246. The van der Waals surface area contributed by atoms with Gasteiger partial charge in [-0.2, -0.15) is 8.42 Å². The quantitative estimate of drug-likeness (QED) is 0.543. The van der Waals surface area contributed by atoms with E-state index in [0.717, 1.165) is 12.8 Å². The van der Waals surface area contributed by atoms with Gasteiger partial charge in [0.15, 0.2) is 0 Å². The van der Waals surface area contributed by atoms with E-state index in [1.165, 1.54) is 0 Å². The lowest BCUT2D eigenvalue weighted by Gasteiger charge is -2.03. The van der Waals surface area contributed by atoms with E-state index >= 15 is 0 Å². The molecule has 2 saturated carbocycles. The molecule has 2 nitrogen and oxygen atoms in total. The molecule has 0 aromatic heterocycles. The smallest absolute Gasteiger partial charge is 0.195 e. The fourth-order valence-corrected chi connectivity index (χ4v) is 3.17. The molecule has 0 amide bonds. The van der Waals surface area contributed by atoms with E-state index in [1.807, 2.05) is 0 Å². The largest absolute Gasteiger partial charge is 0.305 e. The second kappa shape index (κ2) is 1.72. The van der Waals surface area contributed by atoms with Crippen molar-refractivity contribution in [3.8, 4) is 0 Å². The molecule has 10 heavy (non-hydrogen) atoms. The molecule has 0 saturated heterocycles. The van der Waals surface area contributed by atoms with Gasteiger partial charge in [0.05, 0.1) is 5.25 Å². The maximum Gasteiger partial charge on any atom is 0.305 e. The van der Waals surface area contributed by atoms with Gasteiger partial charge in [-0.1, -0.05) is 0 Å². The van der Waals surface area contributed by atoms with Crippen LogP contribution < -0.4 is 0 Å². The molecule has 2 aliphatic carbocycles. The number of rotatable bonds is 1. The van der Waals surface area contributed by atoms with Gasteiger partial charge in [-0.3, -0.25) is 0 Å². The minimum absolute atomic E-state index is 0.176. The molecule has 0 spiro atoms. The van der Waals surface area contributed by atoms with Crippen molar-refractivity contribution in [1.82, 2.24) is 0 Å². The monoisotopic (exact) mass is 164 g/mol. The topological polar surface area (TPSA) is 34.1 Å². The highest BCUT2D eigenvalue weighted by atomic mass is 32.3. The third-order valence-electron chi connectivity index (χ3n) is 2.64. The maximum atomic E-state index is 12.3. The molecule has 58 valence electrons. The Labute approximate surface area is 59.6 Å². The Balaban J connectivity index is 2.20. The molecular formula is C6H9FO2S. The van der Waals surface area contributed by atoms with Gasteiger partial charge in [0.2, 0.25) is 0 Å². The first-order chi connectivity index (χ1) is 4.59. The first kappa shape index (κ1) is 6.58. The van der Waals surface area contributed by atoms with Crippen molar-refractivity contribution in [2.45, 2.75) is 24.5 Å². The Morgan fingerprint density at radius 1 is 1.30 bits per heavy atom. The number of hydrogen-bond acceptors (Lipinski definition) is 2. The highest BCUT2D eigenvalue weighted by molar-refractivity contribution is 7.87. The third-order valence-corrected chi connectivity index (χ3v) is 3.95. The van der Waals surface area contributed by atoms with Crippen LogP contribution in [0.15, 0.2) is 0 Å². The summed E-state index contributed by atoms with van der Waals surface area (Å²) in [4.78, 5) is 0. The van der Waals surface area contributed by atoms with E-state index in [2.05, 4.69) is 0 Å². The summed E-state index contributed by atoms with van der Waals surface area (Å²) in [6.45, 7) is 0. The van der Waals surface area contributed by atoms with Crippen molar-refractivity contribution in [2.75, 3.05) is 0 Å². The fourth-order valence-electron chi connectivity index (χ4n) is 2.00. The molecule has 0 radical (unpaired) electrons. The summed E-state index contributed by atoms with van der Waals surface area (Å²) >= 11 is 0. The molecule has 0 N–H and O–H groups in total. The van der Waals surface area contributed by atoms with Gasteiger partial charge in [-0.15, -0.1) is 3.89 Å². The molecule has 2 rings (SSSR count). The minimum Gasteiger partial charge on any atom is -0.195 e. The number of fused-ring (bicyclic) bond motifs is 1. The highest BCUT2D eigenvalue weighted by Gasteiger charge is 2.53. The summed E-state index contributed by atoms with van der Waals surface area (Å²) in [6.07, 6.45) is 2.40. The molecular weight excluding hydrogens is 155 g/mol. The van der Waals surface area contributed by atoms with Gasteiger partial charge in [0.1, 0.15) is 0 Å². The number of halogens is 1. The van der Waals surface area contributed by atoms with E-state index in [9.17, 15) is 12.3 Å². The van der Waals surface area contributed by atoms with Crippen molar-refractivity contribution in [2.24, 2.45) is 11.8 Å². The molecule has 3 unspecified atom stereocenters. The summed E-state index contributed by atoms with van der Waals surface area (Å²) in [5, 5.41) is -0.641. The third kappa shape index (κ3) is 0.856. The van der Waals surface area contributed by atoms with Gasteiger partial charge in [-0.05, 0) is 31.1 Å². The minimum atomic E-state index is -4.21. The first-order valence-corrected chi connectivity index (χ1v) is 4.97. The van der Waals surface area contributed by atoms with Crippen LogP contribution in [0.2, 0.25) is 0 Å². The molecule has 2 fully saturated rings. The van der Waals surface area contributed by atoms with E-state index in [-0.39, 0.29) is 5.92 Å². The van der Waals surface area contributed by atoms with Crippen LogP contribution >= 0.6 is 0 Å². The molecule has 0 aliphatic heterocycles. The van der Waals surface area contributed by atoms with Crippen molar-refractivity contribution in [3.05, 3.63) is 0 Å². The zero-order chi connectivity index (χ0) is 7.35. The van der Waals surface area contributed by atoms with Crippen LogP contribution in [0.5, 0.6) is 0 Å². The normalized spacial score (nSPS) is 45.1. The Hall–Kier alpha value is -0.120. The van der Waals surface area contributed by atoms with Crippen LogP contribution in [-0.2, 0) is 10.2 Å². The second-order valence-corrected chi connectivity index (χ2v) is 4.81. The lowest BCUT2D eigenvalue weighted by Crippen LogP contribution is -2.15. The van der Waals surface area contributed by atoms with Crippen LogP contribution in [0.4, 0.5) is 3.89 Å². The molecule has 0 aromatic carbocycles. The van der Waals surface area contributed by atoms with Crippen LogP contribution in [0, 0.1) is 11.8 Å². The van der Waals surface area contributed by atoms with Crippen molar-refractivity contribution in [3.63, 3.8) is 0 Å². The van der Waals surface area contributed by atoms with Gasteiger partial charge >= 0.3 is 10.2 Å². The standard InChI is InChI=1S/C6H9FO2S/c7-10(8,9)6-2-1-4-3-5(4)6/h4-6H,1-3H2. The van der Waals surface area contributed by atoms with Crippen molar-refractivity contribution in [1.29, 1.82) is 0 Å². The van der Waals surface area contributed by atoms with Crippen LogP contribution in [-0.4, -0.2) is 13.7 Å². The Morgan fingerprint density at radius 3 is 2.20 bits per heavy atom. The zero-order valence-electron chi connectivity index (χ0n) is 5.46. The average molecular weight is 164 g/mol. The summed E-state index contributed by atoms with van der Waals surface area (Å²) in [5.74, 6) is 0.713. The number of hydrogen-bond donors (Lipinski definition) is 0. The summed E-state index contributed by atoms with van der Waals surface area (Å²) in [5.41, 5.74) is 0. The molecule has 4 heteroatoms. The maximum absolute atomic E-state index is 12.3. The Kier molecular flexibility index (Phi) is 1.14. The SMILES string of the molecule is O=S(=O)(F)C1CCC2CC21. The highest BCUT2D eigenvalue weighted by Crippen LogP contribution is 2.54. The summed E-state index contributed by atoms with van der Waals surface area (Å²) in [7, 11) is -4.21. The van der Waals surface area contributed by atoms with E-state index in [0.29, 0.717) is 12.3 Å². The van der Waals surface area contributed by atoms with E-state index in [4.69, 9.17) is 0 Å². The van der Waals surface area contributed by atoms with Crippen LogP contribution in [0.1, 0.15) is 19.3 Å². The lowest BCUT2D eigenvalue weighted by atomic mass is 10.2. The van der Waals surface area contributed by atoms with Gasteiger partial charge in [-0.25, -0.2) is 0 Å².